The maximum absolute atomic E-state index is 12.5. The Kier molecular flexibility index (Phi) is 5.50. The molecule has 0 radical (unpaired) electrons. The molecule has 4 rings (SSSR count). The average molecular weight is 461 g/mol. The number of nitrogens with zero attached hydrogens (tertiary/aromatic N) is 3. The highest BCUT2D eigenvalue weighted by Crippen LogP contribution is 2.32. The van der Waals surface area contributed by atoms with Gasteiger partial charge >= 0.3 is 6.01 Å². The van der Waals surface area contributed by atoms with Crippen molar-refractivity contribution in [2.75, 3.05) is 23.0 Å². The Balaban J connectivity index is 1.44. The van der Waals surface area contributed by atoms with Crippen LogP contribution in [0, 0.1) is 0 Å². The first kappa shape index (κ1) is 21.0. The van der Waals surface area contributed by atoms with Crippen molar-refractivity contribution in [1.29, 1.82) is 0 Å². The third kappa shape index (κ3) is 4.59. The fourth-order valence-corrected chi connectivity index (χ4v) is 3.97. The van der Waals surface area contributed by atoms with Gasteiger partial charge in [-0.15, -0.1) is 5.10 Å². The van der Waals surface area contributed by atoms with E-state index < -0.39 is 15.7 Å². The number of aromatic nitrogens is 2. The van der Waals surface area contributed by atoms with E-state index in [1.165, 1.54) is 17.0 Å². The van der Waals surface area contributed by atoms with Crippen LogP contribution in [0.3, 0.4) is 0 Å². The zero-order valence-electron chi connectivity index (χ0n) is 16.3. The molecule has 9 nitrogen and oxygen atoms in total. The Labute approximate surface area is 182 Å². The molecule has 1 aliphatic rings. The minimum Gasteiger partial charge on any atom is -0.407 e. The highest BCUT2D eigenvalue weighted by Gasteiger charge is 2.35. The van der Waals surface area contributed by atoms with Crippen molar-refractivity contribution >= 4 is 45.0 Å². The second-order valence-electron chi connectivity index (χ2n) is 7.08. The maximum atomic E-state index is 12.5. The van der Waals surface area contributed by atoms with Crippen LogP contribution in [0.25, 0.3) is 0 Å². The van der Waals surface area contributed by atoms with Crippen molar-refractivity contribution < 1.29 is 22.4 Å². The number of anilines is 2. The van der Waals surface area contributed by atoms with E-state index in [-0.39, 0.29) is 35.0 Å². The summed E-state index contributed by atoms with van der Waals surface area (Å²) in [6.07, 6.45) is 1.28. The van der Waals surface area contributed by atoms with E-state index in [9.17, 15) is 18.0 Å². The van der Waals surface area contributed by atoms with E-state index in [1.807, 2.05) is 0 Å². The predicted molar refractivity (Wildman–Crippen MR) is 113 cm³/mol. The molecule has 1 N–H and O–H groups in total. The molecule has 2 heterocycles. The van der Waals surface area contributed by atoms with Crippen LogP contribution in [0.5, 0.6) is 0 Å². The molecule has 0 aliphatic carbocycles. The van der Waals surface area contributed by atoms with E-state index in [2.05, 4.69) is 15.5 Å². The molecule has 11 heteroatoms. The largest absolute Gasteiger partial charge is 0.407 e. The minimum absolute atomic E-state index is 0.0710. The second kappa shape index (κ2) is 8.12. The summed E-state index contributed by atoms with van der Waals surface area (Å²) in [5, 5.41) is 10.8. The molecule has 1 saturated heterocycles. The summed E-state index contributed by atoms with van der Waals surface area (Å²) in [5.41, 5.74) is 0.958. The van der Waals surface area contributed by atoms with Gasteiger partial charge in [-0.05, 0) is 48.5 Å². The molecule has 1 aromatic heterocycles. The van der Waals surface area contributed by atoms with E-state index in [0.29, 0.717) is 22.8 Å². The second-order valence-corrected chi connectivity index (χ2v) is 9.53. The maximum Gasteiger partial charge on any atom is 0.322 e. The summed E-state index contributed by atoms with van der Waals surface area (Å²) in [7, 11) is -3.32. The van der Waals surface area contributed by atoms with E-state index >= 15 is 0 Å². The highest BCUT2D eigenvalue weighted by molar-refractivity contribution is 7.90. The van der Waals surface area contributed by atoms with Gasteiger partial charge in [-0.25, -0.2) is 8.42 Å². The molecule has 1 fully saturated rings. The van der Waals surface area contributed by atoms with Crippen molar-refractivity contribution in [3.05, 3.63) is 65.0 Å². The van der Waals surface area contributed by atoms with Crippen molar-refractivity contribution in [2.45, 2.75) is 17.2 Å². The summed E-state index contributed by atoms with van der Waals surface area (Å²) in [5.74, 6) is -0.699. The smallest absolute Gasteiger partial charge is 0.322 e. The van der Waals surface area contributed by atoms with Gasteiger partial charge in [0.25, 0.3) is 5.91 Å². The van der Waals surface area contributed by atoms with Crippen molar-refractivity contribution in [2.24, 2.45) is 0 Å². The Bertz CT molecular complexity index is 1240. The first-order chi connectivity index (χ1) is 14.7. The molecule has 0 spiro atoms. The van der Waals surface area contributed by atoms with Crippen LogP contribution in [0.2, 0.25) is 5.02 Å². The molecule has 2 amide bonds. The Morgan fingerprint density at radius 1 is 1.13 bits per heavy atom. The van der Waals surface area contributed by atoms with Gasteiger partial charge in [0.2, 0.25) is 11.8 Å². The van der Waals surface area contributed by atoms with Gasteiger partial charge in [-0.3, -0.25) is 14.9 Å². The lowest BCUT2D eigenvalue weighted by Crippen LogP contribution is -2.24. The zero-order valence-corrected chi connectivity index (χ0v) is 17.9. The Hall–Kier alpha value is -3.24. The van der Waals surface area contributed by atoms with Crippen molar-refractivity contribution in [1.82, 2.24) is 10.2 Å². The lowest BCUT2D eigenvalue weighted by molar-refractivity contribution is -0.117. The van der Waals surface area contributed by atoms with Gasteiger partial charge < -0.3 is 9.32 Å². The van der Waals surface area contributed by atoms with Gasteiger partial charge in [0, 0.05) is 35.5 Å². The van der Waals surface area contributed by atoms with Crippen LogP contribution in [0.4, 0.5) is 11.7 Å². The highest BCUT2D eigenvalue weighted by atomic mass is 35.5. The zero-order chi connectivity index (χ0) is 22.2. The molecule has 0 unspecified atom stereocenters. The number of carbonyl (C=O) groups is 2. The van der Waals surface area contributed by atoms with E-state index in [0.717, 1.165) is 6.26 Å². The normalized spacial score (nSPS) is 16.5. The van der Waals surface area contributed by atoms with Crippen LogP contribution < -0.4 is 10.2 Å². The number of carbonyl (C=O) groups excluding carboxylic acids is 2. The van der Waals surface area contributed by atoms with Crippen molar-refractivity contribution in [3.63, 3.8) is 0 Å². The van der Waals surface area contributed by atoms with Crippen LogP contribution in [-0.2, 0) is 14.6 Å². The molecule has 3 aromatic rings. The summed E-state index contributed by atoms with van der Waals surface area (Å²) in [4.78, 5) is 26.4. The van der Waals surface area contributed by atoms with Gasteiger partial charge in [0.1, 0.15) is 0 Å². The van der Waals surface area contributed by atoms with Crippen LogP contribution in [-0.4, -0.2) is 43.2 Å². The topological polar surface area (TPSA) is 122 Å². The SMILES string of the molecule is CS(=O)(=O)c1ccc(N2C[C@H](c3nnc(NC(=O)c4ccc(Cl)cc4)o3)CC2=O)cc1. The third-order valence-electron chi connectivity index (χ3n) is 4.82. The Morgan fingerprint density at radius 2 is 1.81 bits per heavy atom. The molecule has 1 aliphatic heterocycles. The van der Waals surface area contributed by atoms with E-state index in [4.69, 9.17) is 16.0 Å². The number of benzene rings is 2. The average Bonchev–Trinajstić information content (AvgIpc) is 3.34. The standard InChI is InChI=1S/C20H17ClN4O5S/c1-31(28,29)16-8-6-15(7-9-16)25-11-13(10-17(25)26)19-23-24-20(30-19)22-18(27)12-2-4-14(21)5-3-12/h2-9,13H,10-11H2,1H3,(H,22,24,27)/t13-/m1/s1. The molecule has 31 heavy (non-hydrogen) atoms. The Morgan fingerprint density at radius 3 is 2.45 bits per heavy atom. The molecule has 2 aromatic carbocycles. The van der Waals surface area contributed by atoms with E-state index in [1.54, 1.807) is 36.4 Å². The minimum atomic E-state index is -3.32. The number of halogens is 1. The van der Waals surface area contributed by atoms with Gasteiger partial charge in [0.05, 0.1) is 10.8 Å². The van der Waals surface area contributed by atoms with Crippen molar-refractivity contribution in [3.8, 4) is 0 Å². The first-order valence-corrected chi connectivity index (χ1v) is 11.5. The number of nitrogens with one attached hydrogen (secondary N) is 1. The summed E-state index contributed by atoms with van der Waals surface area (Å²) in [6, 6.07) is 12.3. The van der Waals surface area contributed by atoms with Gasteiger partial charge in [0.15, 0.2) is 9.84 Å². The number of amides is 2. The fraction of sp³-hybridized carbons (Fsp3) is 0.200. The summed E-state index contributed by atoms with van der Waals surface area (Å²) >= 11 is 5.82. The molecule has 1 atom stereocenters. The molecular weight excluding hydrogens is 444 g/mol. The molecule has 160 valence electrons. The summed E-state index contributed by atoms with van der Waals surface area (Å²) < 4.78 is 28.8. The van der Waals surface area contributed by atoms with Gasteiger partial charge in [-0.2, -0.15) is 0 Å². The molecular formula is C20H17ClN4O5S. The fourth-order valence-electron chi connectivity index (χ4n) is 3.22. The molecule has 0 saturated carbocycles. The predicted octanol–water partition coefficient (Wildman–Crippen LogP) is 2.90. The summed E-state index contributed by atoms with van der Waals surface area (Å²) in [6.45, 7) is 0.295. The number of sulfone groups is 1. The quantitative estimate of drug-likeness (QED) is 0.621. The monoisotopic (exact) mass is 460 g/mol. The molecule has 0 bridgehead atoms. The van der Waals surface area contributed by atoms with Crippen LogP contribution >= 0.6 is 11.6 Å². The number of hydrogen-bond acceptors (Lipinski definition) is 7. The lowest BCUT2D eigenvalue weighted by Gasteiger charge is -2.16. The van der Waals surface area contributed by atoms with Crippen LogP contribution in [0.1, 0.15) is 28.6 Å². The third-order valence-corrected chi connectivity index (χ3v) is 6.20. The first-order valence-electron chi connectivity index (χ1n) is 9.21. The number of hydrogen-bond donors (Lipinski definition) is 1. The van der Waals surface area contributed by atoms with Gasteiger partial charge in [-0.1, -0.05) is 16.7 Å². The number of rotatable bonds is 5. The van der Waals surface area contributed by atoms with Crippen LogP contribution in [0.15, 0.2) is 57.8 Å². The lowest BCUT2D eigenvalue weighted by atomic mass is 10.1.